The normalized spacial score (nSPS) is 10.8. The smallest absolute Gasteiger partial charge is 0.263 e. The molecule has 0 spiro atoms. The number of nitrogens with one attached hydrogen (secondary N) is 1. The van der Waals surface area contributed by atoms with Crippen LogP contribution in [0.15, 0.2) is 70.7 Å². The molecule has 0 aliphatic carbocycles. The Bertz CT molecular complexity index is 1390. The van der Waals surface area contributed by atoms with E-state index in [0.717, 1.165) is 23.1 Å². The number of carbonyl (C=O) groups excluding carboxylic acids is 1. The fourth-order valence-electron chi connectivity index (χ4n) is 3.29. The topological polar surface area (TPSA) is 95.3 Å². The van der Waals surface area contributed by atoms with E-state index in [9.17, 15) is 9.59 Å². The van der Waals surface area contributed by atoms with Crippen molar-refractivity contribution in [2.75, 3.05) is 25.3 Å². The number of hydrogen-bond acceptors (Lipinski definition) is 7. The number of carbonyl (C=O) groups is 1. The number of aromatic nitrogens is 3. The Labute approximate surface area is 204 Å². The Morgan fingerprint density at radius 2 is 1.91 bits per heavy atom. The van der Waals surface area contributed by atoms with Crippen LogP contribution >= 0.6 is 23.4 Å². The fraction of sp³-hybridized carbons (Fsp3) is 0.167. The molecule has 2 heterocycles. The maximum atomic E-state index is 13.2. The Kier molecular flexibility index (Phi) is 7.34. The molecule has 1 amide bonds. The lowest BCUT2D eigenvalue weighted by Gasteiger charge is -2.14. The van der Waals surface area contributed by atoms with Gasteiger partial charge in [-0.15, -0.1) is 0 Å². The second-order valence-corrected chi connectivity index (χ2v) is 8.57. The quantitative estimate of drug-likeness (QED) is 0.288. The van der Waals surface area contributed by atoms with Gasteiger partial charge in [0.05, 0.1) is 37.6 Å². The van der Waals surface area contributed by atoms with Gasteiger partial charge in [0.25, 0.3) is 5.56 Å². The van der Waals surface area contributed by atoms with Crippen LogP contribution in [0, 0.1) is 0 Å². The lowest BCUT2D eigenvalue weighted by atomic mass is 10.2. The molecule has 0 saturated heterocycles. The van der Waals surface area contributed by atoms with E-state index in [2.05, 4.69) is 15.3 Å². The maximum absolute atomic E-state index is 13.2. The Morgan fingerprint density at radius 3 is 2.65 bits per heavy atom. The average molecular weight is 497 g/mol. The number of fused-ring (bicyclic) bond motifs is 1. The van der Waals surface area contributed by atoms with Crippen molar-refractivity contribution in [3.63, 3.8) is 0 Å². The van der Waals surface area contributed by atoms with E-state index in [1.807, 2.05) is 24.3 Å². The summed E-state index contributed by atoms with van der Waals surface area (Å²) in [6, 6.07) is 15.8. The first-order valence-corrected chi connectivity index (χ1v) is 11.6. The summed E-state index contributed by atoms with van der Waals surface area (Å²) in [7, 11) is 3.11. The SMILES string of the molecule is COc1ccc(Cn2c(SCC(=O)Nc3cc(Cl)ccc3OC)nc3ncccc3c2=O)cc1. The first-order valence-electron chi connectivity index (χ1n) is 10.2. The van der Waals surface area contributed by atoms with Crippen LogP contribution in [-0.2, 0) is 11.3 Å². The van der Waals surface area contributed by atoms with Gasteiger partial charge in [0.2, 0.25) is 5.91 Å². The van der Waals surface area contributed by atoms with Crippen molar-refractivity contribution in [1.29, 1.82) is 0 Å². The second-order valence-electron chi connectivity index (χ2n) is 7.19. The largest absolute Gasteiger partial charge is 0.497 e. The molecule has 0 saturated carbocycles. The van der Waals surface area contributed by atoms with Gasteiger partial charge in [0, 0.05) is 11.2 Å². The number of nitrogens with zero attached hydrogens (tertiary/aromatic N) is 3. The molecule has 0 radical (unpaired) electrons. The highest BCUT2D eigenvalue weighted by Gasteiger charge is 2.15. The zero-order valence-corrected chi connectivity index (χ0v) is 20.0. The van der Waals surface area contributed by atoms with Gasteiger partial charge in [0.15, 0.2) is 10.8 Å². The van der Waals surface area contributed by atoms with E-state index < -0.39 is 0 Å². The van der Waals surface area contributed by atoms with Gasteiger partial charge in [-0.1, -0.05) is 35.5 Å². The molecule has 174 valence electrons. The molecule has 0 bridgehead atoms. The molecular formula is C24H21ClN4O4S. The lowest BCUT2D eigenvalue weighted by molar-refractivity contribution is -0.113. The van der Waals surface area contributed by atoms with Crippen LogP contribution in [0.4, 0.5) is 5.69 Å². The highest BCUT2D eigenvalue weighted by atomic mass is 35.5. The van der Waals surface area contributed by atoms with Crippen LogP contribution < -0.4 is 20.3 Å². The molecule has 10 heteroatoms. The summed E-state index contributed by atoms with van der Waals surface area (Å²) in [6.07, 6.45) is 1.58. The van der Waals surface area contributed by atoms with Crippen molar-refractivity contribution in [2.45, 2.75) is 11.7 Å². The molecule has 34 heavy (non-hydrogen) atoms. The number of methoxy groups -OCH3 is 2. The summed E-state index contributed by atoms with van der Waals surface area (Å²) in [5.41, 5.74) is 1.46. The zero-order chi connectivity index (χ0) is 24.1. The van der Waals surface area contributed by atoms with E-state index in [4.69, 9.17) is 21.1 Å². The predicted molar refractivity (Wildman–Crippen MR) is 133 cm³/mol. The summed E-state index contributed by atoms with van der Waals surface area (Å²) in [5, 5.41) is 4.06. The van der Waals surface area contributed by atoms with Crippen molar-refractivity contribution in [2.24, 2.45) is 0 Å². The van der Waals surface area contributed by atoms with Gasteiger partial charge >= 0.3 is 0 Å². The Morgan fingerprint density at radius 1 is 1.12 bits per heavy atom. The van der Waals surface area contributed by atoms with E-state index in [0.29, 0.717) is 32.6 Å². The number of anilines is 1. The van der Waals surface area contributed by atoms with Crippen molar-refractivity contribution in [3.8, 4) is 11.5 Å². The van der Waals surface area contributed by atoms with Crippen LogP contribution in [0.25, 0.3) is 11.0 Å². The van der Waals surface area contributed by atoms with Gasteiger partial charge in [-0.3, -0.25) is 14.2 Å². The number of ether oxygens (including phenoxy) is 2. The molecule has 0 aliphatic heterocycles. The second kappa shape index (κ2) is 10.6. The van der Waals surface area contributed by atoms with Gasteiger partial charge in [-0.2, -0.15) is 0 Å². The standard InChI is InChI=1S/C24H21ClN4O4S/c1-32-17-8-5-15(6-9-17)13-29-23(31)18-4-3-11-26-22(18)28-24(29)34-14-21(30)27-19-12-16(25)7-10-20(19)33-2/h3-12H,13-14H2,1-2H3,(H,27,30). The average Bonchev–Trinajstić information content (AvgIpc) is 2.85. The predicted octanol–water partition coefficient (Wildman–Crippen LogP) is 4.24. The molecule has 4 rings (SSSR count). The van der Waals surface area contributed by atoms with E-state index >= 15 is 0 Å². The molecule has 1 N–H and O–H groups in total. The summed E-state index contributed by atoms with van der Waals surface area (Å²) < 4.78 is 12.0. The van der Waals surface area contributed by atoms with E-state index in [1.165, 1.54) is 7.11 Å². The number of benzene rings is 2. The Balaban J connectivity index is 1.60. The minimum Gasteiger partial charge on any atom is -0.497 e. The van der Waals surface area contributed by atoms with Crippen LogP contribution in [0.1, 0.15) is 5.56 Å². The minimum atomic E-state index is -0.295. The van der Waals surface area contributed by atoms with Crippen molar-refractivity contribution in [1.82, 2.24) is 14.5 Å². The van der Waals surface area contributed by atoms with Crippen molar-refractivity contribution < 1.29 is 14.3 Å². The lowest BCUT2D eigenvalue weighted by Crippen LogP contribution is -2.25. The van der Waals surface area contributed by atoms with Gasteiger partial charge in [0.1, 0.15) is 11.5 Å². The summed E-state index contributed by atoms with van der Waals surface area (Å²) in [6.45, 7) is 0.284. The molecule has 0 fully saturated rings. The summed E-state index contributed by atoms with van der Waals surface area (Å²) in [5.74, 6) is 0.937. The number of thioether (sulfide) groups is 1. The monoisotopic (exact) mass is 496 g/mol. The molecule has 2 aromatic carbocycles. The van der Waals surface area contributed by atoms with Crippen molar-refractivity contribution in [3.05, 3.63) is 81.7 Å². The molecular weight excluding hydrogens is 476 g/mol. The number of hydrogen-bond donors (Lipinski definition) is 1. The van der Waals surface area contributed by atoms with Gasteiger partial charge in [-0.25, -0.2) is 9.97 Å². The summed E-state index contributed by atoms with van der Waals surface area (Å²) >= 11 is 7.19. The molecule has 8 nitrogen and oxygen atoms in total. The third-order valence-electron chi connectivity index (χ3n) is 4.96. The highest BCUT2D eigenvalue weighted by molar-refractivity contribution is 7.99. The van der Waals surface area contributed by atoms with Crippen LogP contribution in [0.3, 0.4) is 0 Å². The molecule has 4 aromatic rings. The first kappa shape index (κ1) is 23.6. The third kappa shape index (κ3) is 5.32. The molecule has 2 aromatic heterocycles. The van der Waals surface area contributed by atoms with Crippen molar-refractivity contribution >= 4 is 46.0 Å². The van der Waals surface area contributed by atoms with Crippen LogP contribution in [-0.4, -0.2) is 40.4 Å². The van der Waals surface area contributed by atoms with Crippen LogP contribution in [0.5, 0.6) is 11.5 Å². The molecule has 0 atom stereocenters. The highest BCUT2D eigenvalue weighted by Crippen LogP contribution is 2.28. The summed E-state index contributed by atoms with van der Waals surface area (Å²) in [4.78, 5) is 34.7. The fourth-order valence-corrected chi connectivity index (χ4v) is 4.25. The Hall–Kier alpha value is -3.56. The number of rotatable bonds is 8. The molecule has 0 aliphatic rings. The minimum absolute atomic E-state index is 0.0169. The zero-order valence-electron chi connectivity index (χ0n) is 18.4. The van der Waals surface area contributed by atoms with E-state index in [-0.39, 0.29) is 23.8 Å². The molecule has 0 unspecified atom stereocenters. The van der Waals surface area contributed by atoms with E-state index in [1.54, 1.807) is 48.2 Å². The van der Waals surface area contributed by atoms with Crippen LogP contribution in [0.2, 0.25) is 5.02 Å². The first-order chi connectivity index (χ1) is 16.5. The third-order valence-corrected chi connectivity index (χ3v) is 6.17. The number of pyridine rings is 1. The number of amides is 1. The van der Waals surface area contributed by atoms with Gasteiger partial charge < -0.3 is 14.8 Å². The number of halogens is 1. The van der Waals surface area contributed by atoms with Gasteiger partial charge in [-0.05, 0) is 48.0 Å². The maximum Gasteiger partial charge on any atom is 0.263 e.